The lowest BCUT2D eigenvalue weighted by Crippen LogP contribution is -2.23. The molecule has 1 fully saturated rings. The maximum Gasteiger partial charge on any atom is 0.346 e. The Hall–Kier alpha value is -2.15. The molecule has 2 N–H and O–H groups in total. The fourth-order valence-corrected chi connectivity index (χ4v) is 3.45. The number of aliphatic carboxylic acids is 1. The van der Waals surface area contributed by atoms with Gasteiger partial charge in [0.2, 0.25) is 5.78 Å². The minimum atomic E-state index is -1.28. The van der Waals surface area contributed by atoms with Crippen LogP contribution in [0.25, 0.3) is 0 Å². The smallest absolute Gasteiger partial charge is 0.346 e. The molecule has 0 spiro atoms. The number of allylic oxidation sites excluding steroid dienone is 1. The zero-order valence-corrected chi connectivity index (χ0v) is 16.6. The Morgan fingerprint density at radius 3 is 2.57 bits per heavy atom. The van der Waals surface area contributed by atoms with Crippen molar-refractivity contribution in [2.45, 2.75) is 89.4 Å². The van der Waals surface area contributed by atoms with Gasteiger partial charge in [-0.3, -0.25) is 9.59 Å². The second kappa shape index (κ2) is 9.87. The third kappa shape index (κ3) is 5.92. The molecule has 3 atom stereocenters. The molecule has 0 aromatic rings. The van der Waals surface area contributed by atoms with Gasteiger partial charge in [0.05, 0.1) is 12.5 Å². The van der Waals surface area contributed by atoms with Crippen LogP contribution in [0.15, 0.2) is 23.5 Å². The molecule has 0 aromatic heterocycles. The number of Topliss-reactive ketones (excluding diaryl/α,β-unsaturated/α-hetero) is 1. The van der Waals surface area contributed by atoms with E-state index in [1.165, 1.54) is 0 Å². The van der Waals surface area contributed by atoms with Crippen LogP contribution < -0.4 is 0 Å². The summed E-state index contributed by atoms with van der Waals surface area (Å²) in [7, 11) is 0. The Balaban J connectivity index is 1.80. The van der Waals surface area contributed by atoms with E-state index < -0.39 is 35.8 Å². The number of cyclic esters (lactones) is 1. The number of hydrogen-bond donors (Lipinski definition) is 2. The van der Waals surface area contributed by atoms with E-state index >= 15 is 0 Å². The van der Waals surface area contributed by atoms with Gasteiger partial charge in [-0.2, -0.15) is 0 Å². The number of esters is 1. The van der Waals surface area contributed by atoms with E-state index in [0.717, 1.165) is 51.4 Å². The summed E-state index contributed by atoms with van der Waals surface area (Å²) < 4.78 is 10.7. The summed E-state index contributed by atoms with van der Waals surface area (Å²) in [5.41, 5.74) is -0.785. The van der Waals surface area contributed by atoms with E-state index in [0.29, 0.717) is 0 Å². The van der Waals surface area contributed by atoms with Crippen LogP contribution in [-0.2, 0) is 23.9 Å². The van der Waals surface area contributed by atoms with Crippen molar-refractivity contribution in [3.63, 3.8) is 0 Å². The quantitative estimate of drug-likeness (QED) is 0.240. The van der Waals surface area contributed by atoms with Gasteiger partial charge in [-0.05, 0) is 44.8 Å². The van der Waals surface area contributed by atoms with Crippen molar-refractivity contribution in [1.29, 1.82) is 0 Å². The molecule has 2 rings (SSSR count). The molecule has 2 aliphatic rings. The number of aliphatic hydroxyl groups excluding tert-OH is 1. The Bertz CT molecular complexity index is 664. The minimum absolute atomic E-state index is 0.166. The molecule has 0 saturated carbocycles. The SMILES string of the molecule is CCC(O)CCCCCCC[C@]1(C)C=C/C(=C2\C(=O)O[C@@H](CC(=O)O)C2=O)O1. The molecular formula is C21H30O7. The molecule has 0 bridgehead atoms. The highest BCUT2D eigenvalue weighted by molar-refractivity contribution is 6.24. The number of unbranched alkanes of at least 4 members (excludes halogenated alkanes) is 4. The summed E-state index contributed by atoms with van der Waals surface area (Å²) in [5.74, 6) is -2.49. The molecule has 2 aliphatic heterocycles. The lowest BCUT2D eigenvalue weighted by molar-refractivity contribution is -0.147. The highest BCUT2D eigenvalue weighted by atomic mass is 16.6. The number of ketones is 1. The molecular weight excluding hydrogens is 364 g/mol. The Morgan fingerprint density at radius 1 is 1.21 bits per heavy atom. The number of carbonyl (C=O) groups excluding carboxylic acids is 2. The summed E-state index contributed by atoms with van der Waals surface area (Å²) in [6.45, 7) is 3.88. The summed E-state index contributed by atoms with van der Waals surface area (Å²) in [5, 5.41) is 18.3. The van der Waals surface area contributed by atoms with Crippen molar-refractivity contribution in [3.8, 4) is 0 Å². The zero-order valence-electron chi connectivity index (χ0n) is 16.6. The van der Waals surface area contributed by atoms with Gasteiger partial charge in [-0.1, -0.05) is 32.6 Å². The van der Waals surface area contributed by atoms with Crippen LogP contribution in [0.5, 0.6) is 0 Å². The second-order valence-corrected chi connectivity index (χ2v) is 7.71. The highest BCUT2D eigenvalue weighted by Gasteiger charge is 2.44. The first kappa shape index (κ1) is 22.1. The standard InChI is InChI=1S/C21H30O7/c1-3-14(22)9-7-5-4-6-8-11-21(2)12-10-15(28-21)18-19(25)16(13-17(23)24)27-20(18)26/h10,12,14,16,22H,3-9,11,13H2,1-2H3,(H,23,24)/b18-15+/t14?,16-,21+/m0/s1. The Labute approximate surface area is 165 Å². The first-order valence-electron chi connectivity index (χ1n) is 10.0. The van der Waals surface area contributed by atoms with Crippen molar-refractivity contribution >= 4 is 17.7 Å². The van der Waals surface area contributed by atoms with Gasteiger partial charge in [-0.15, -0.1) is 0 Å². The summed E-state index contributed by atoms with van der Waals surface area (Å²) >= 11 is 0. The molecule has 7 heteroatoms. The van der Waals surface area contributed by atoms with Gasteiger partial charge in [0.25, 0.3) is 0 Å². The van der Waals surface area contributed by atoms with Crippen LogP contribution in [-0.4, -0.2) is 45.7 Å². The van der Waals surface area contributed by atoms with Crippen molar-refractivity contribution in [2.24, 2.45) is 0 Å². The predicted octanol–water partition coefficient (Wildman–Crippen LogP) is 3.06. The third-order valence-corrected chi connectivity index (χ3v) is 5.21. The van der Waals surface area contributed by atoms with Gasteiger partial charge >= 0.3 is 11.9 Å². The van der Waals surface area contributed by atoms with Crippen LogP contribution in [0.3, 0.4) is 0 Å². The number of carboxylic acid groups (broad SMARTS) is 1. The van der Waals surface area contributed by atoms with Gasteiger partial charge in [-0.25, -0.2) is 4.79 Å². The number of carbonyl (C=O) groups is 3. The van der Waals surface area contributed by atoms with Crippen molar-refractivity contribution in [3.05, 3.63) is 23.5 Å². The molecule has 2 heterocycles. The molecule has 1 unspecified atom stereocenters. The van der Waals surface area contributed by atoms with Gasteiger partial charge in [0, 0.05) is 0 Å². The van der Waals surface area contributed by atoms with E-state index in [9.17, 15) is 19.5 Å². The molecule has 0 aliphatic carbocycles. The number of carboxylic acids is 1. The summed E-state index contributed by atoms with van der Waals surface area (Å²) in [6.07, 6.45) is 9.01. The second-order valence-electron chi connectivity index (χ2n) is 7.71. The fraction of sp³-hybridized carbons (Fsp3) is 0.667. The average molecular weight is 394 g/mol. The van der Waals surface area contributed by atoms with E-state index in [4.69, 9.17) is 14.6 Å². The van der Waals surface area contributed by atoms with Crippen LogP contribution in [0, 0.1) is 0 Å². The highest BCUT2D eigenvalue weighted by Crippen LogP contribution is 2.35. The number of hydrogen-bond acceptors (Lipinski definition) is 6. The molecule has 28 heavy (non-hydrogen) atoms. The largest absolute Gasteiger partial charge is 0.482 e. The molecule has 1 saturated heterocycles. The van der Waals surface area contributed by atoms with Gasteiger partial charge in [0.1, 0.15) is 16.9 Å². The molecule has 0 radical (unpaired) electrons. The number of aliphatic hydroxyl groups is 1. The van der Waals surface area contributed by atoms with Crippen LogP contribution in [0.2, 0.25) is 0 Å². The van der Waals surface area contributed by atoms with E-state index in [-0.39, 0.29) is 17.4 Å². The Morgan fingerprint density at radius 2 is 1.89 bits per heavy atom. The lowest BCUT2D eigenvalue weighted by atomic mass is 9.97. The first-order valence-corrected chi connectivity index (χ1v) is 10.0. The third-order valence-electron chi connectivity index (χ3n) is 5.21. The number of ether oxygens (including phenoxy) is 2. The Kier molecular flexibility index (Phi) is 7.80. The molecule has 0 aromatic carbocycles. The van der Waals surface area contributed by atoms with E-state index in [1.807, 2.05) is 19.9 Å². The van der Waals surface area contributed by atoms with Crippen molar-refractivity contribution < 1.29 is 34.1 Å². The van der Waals surface area contributed by atoms with Crippen LogP contribution >= 0.6 is 0 Å². The lowest BCUT2D eigenvalue weighted by Gasteiger charge is -2.23. The zero-order chi connectivity index (χ0) is 20.7. The first-order chi connectivity index (χ1) is 13.3. The van der Waals surface area contributed by atoms with Gasteiger partial charge in [0.15, 0.2) is 6.10 Å². The molecule has 156 valence electrons. The molecule has 7 nitrogen and oxygen atoms in total. The predicted molar refractivity (Wildman–Crippen MR) is 101 cm³/mol. The molecule has 0 amide bonds. The normalized spacial score (nSPS) is 27.8. The maximum absolute atomic E-state index is 12.3. The minimum Gasteiger partial charge on any atom is -0.482 e. The summed E-state index contributed by atoms with van der Waals surface area (Å²) in [4.78, 5) is 35.0. The average Bonchev–Trinajstić information content (AvgIpc) is 3.13. The van der Waals surface area contributed by atoms with Crippen molar-refractivity contribution in [2.75, 3.05) is 0 Å². The van der Waals surface area contributed by atoms with Crippen LogP contribution in [0.4, 0.5) is 0 Å². The summed E-state index contributed by atoms with van der Waals surface area (Å²) in [6, 6.07) is 0. The van der Waals surface area contributed by atoms with Crippen LogP contribution in [0.1, 0.15) is 71.6 Å². The van der Waals surface area contributed by atoms with Crippen molar-refractivity contribution in [1.82, 2.24) is 0 Å². The monoisotopic (exact) mass is 394 g/mol. The fourth-order valence-electron chi connectivity index (χ4n) is 3.45. The maximum atomic E-state index is 12.3. The van der Waals surface area contributed by atoms with Gasteiger partial charge < -0.3 is 19.7 Å². The van der Waals surface area contributed by atoms with E-state index in [1.54, 1.807) is 6.08 Å². The number of rotatable bonds is 11. The van der Waals surface area contributed by atoms with E-state index in [2.05, 4.69) is 0 Å². The topological polar surface area (TPSA) is 110 Å².